The third kappa shape index (κ3) is 4.57. The number of hydrogen-bond donors (Lipinski definition) is 2. The lowest BCUT2D eigenvalue weighted by Gasteiger charge is -2.20. The van der Waals surface area contributed by atoms with Crippen LogP contribution in [0.25, 0.3) is 0 Å². The molecule has 0 spiro atoms. The van der Waals surface area contributed by atoms with Gasteiger partial charge in [-0.1, -0.05) is 65.8 Å². The fourth-order valence-electron chi connectivity index (χ4n) is 3.17. The molecule has 0 radical (unpaired) electrons. The molecule has 1 aliphatic carbocycles. The van der Waals surface area contributed by atoms with Crippen LogP contribution in [0.15, 0.2) is 65.8 Å². The summed E-state index contributed by atoms with van der Waals surface area (Å²) in [7, 11) is 0. The zero-order valence-corrected chi connectivity index (χ0v) is 15.5. The minimum absolute atomic E-state index is 0.151. The molecule has 6 heteroatoms. The Bertz CT molecular complexity index is 863. The predicted octanol–water partition coefficient (Wildman–Crippen LogP) is 2.19. The quantitative estimate of drug-likeness (QED) is 0.776. The average Bonchev–Trinajstić information content (AvgIpc) is 3.40. The summed E-state index contributed by atoms with van der Waals surface area (Å²) in [5.74, 6) is -0.469. The number of hydrogen-bond acceptors (Lipinski definition) is 4. The monoisotopic (exact) mass is 377 g/mol. The van der Waals surface area contributed by atoms with Gasteiger partial charge in [0.25, 0.3) is 5.91 Å². The molecule has 4 rings (SSSR count). The highest BCUT2D eigenvalue weighted by Crippen LogP contribution is 2.20. The zero-order valence-electron chi connectivity index (χ0n) is 15.5. The van der Waals surface area contributed by atoms with Gasteiger partial charge < -0.3 is 15.5 Å². The van der Waals surface area contributed by atoms with Crippen LogP contribution in [-0.4, -0.2) is 35.7 Å². The van der Waals surface area contributed by atoms with Crippen molar-refractivity contribution in [3.8, 4) is 0 Å². The van der Waals surface area contributed by atoms with E-state index in [4.69, 9.17) is 4.84 Å². The Hall–Kier alpha value is -3.15. The summed E-state index contributed by atoms with van der Waals surface area (Å²) in [4.78, 5) is 30.7. The summed E-state index contributed by atoms with van der Waals surface area (Å²) >= 11 is 0. The van der Waals surface area contributed by atoms with Gasteiger partial charge in [-0.15, -0.1) is 0 Å². The number of nitrogens with zero attached hydrogens (tertiary/aromatic N) is 1. The molecule has 2 atom stereocenters. The Morgan fingerprint density at radius 1 is 1.04 bits per heavy atom. The van der Waals surface area contributed by atoms with E-state index in [9.17, 15) is 9.59 Å². The molecular weight excluding hydrogens is 354 g/mol. The maximum Gasteiger partial charge on any atom is 0.265 e. The highest BCUT2D eigenvalue weighted by molar-refractivity contribution is 6.04. The minimum atomic E-state index is -0.720. The molecular formula is C22H23N3O3. The number of amides is 2. The maximum atomic E-state index is 12.7. The van der Waals surface area contributed by atoms with Crippen molar-refractivity contribution in [1.82, 2.24) is 10.6 Å². The van der Waals surface area contributed by atoms with Crippen LogP contribution < -0.4 is 10.6 Å². The first-order valence-electron chi connectivity index (χ1n) is 9.62. The van der Waals surface area contributed by atoms with Crippen molar-refractivity contribution in [2.75, 3.05) is 0 Å². The van der Waals surface area contributed by atoms with Gasteiger partial charge in [-0.2, -0.15) is 0 Å². The van der Waals surface area contributed by atoms with Gasteiger partial charge in [0.15, 0.2) is 0 Å². The number of benzene rings is 2. The molecule has 1 aliphatic heterocycles. The van der Waals surface area contributed by atoms with E-state index in [0.29, 0.717) is 12.8 Å². The second kappa shape index (κ2) is 8.25. The first-order chi connectivity index (χ1) is 13.7. The second-order valence-corrected chi connectivity index (χ2v) is 7.24. The lowest BCUT2D eigenvalue weighted by atomic mass is 10.0. The summed E-state index contributed by atoms with van der Waals surface area (Å²) in [6.45, 7) is 0. The van der Waals surface area contributed by atoms with Crippen molar-refractivity contribution in [2.24, 2.45) is 5.16 Å². The van der Waals surface area contributed by atoms with Gasteiger partial charge in [0, 0.05) is 18.9 Å². The van der Waals surface area contributed by atoms with Gasteiger partial charge in [-0.05, 0) is 24.0 Å². The van der Waals surface area contributed by atoms with Gasteiger partial charge >= 0.3 is 0 Å². The standard InChI is InChI=1S/C22H23N3O3/c26-21(23-17-11-12-17)19(13-15-7-3-1-4-8-15)24-22(27)20-14-18(25-28-20)16-9-5-2-6-10-16/h1-10,17,19-20H,11-14H2,(H,23,26)(H,24,27)/t19-,20-/m1/s1. The number of nitrogens with one attached hydrogen (secondary N) is 2. The van der Waals surface area contributed by atoms with E-state index in [1.807, 2.05) is 60.7 Å². The molecule has 1 fully saturated rings. The van der Waals surface area contributed by atoms with Crippen molar-refractivity contribution >= 4 is 17.5 Å². The summed E-state index contributed by atoms with van der Waals surface area (Å²) < 4.78 is 0. The Labute approximate surface area is 164 Å². The maximum absolute atomic E-state index is 12.7. The van der Waals surface area contributed by atoms with Gasteiger partial charge in [0.2, 0.25) is 12.0 Å². The number of carbonyl (C=O) groups excluding carboxylic acids is 2. The summed E-state index contributed by atoms with van der Waals surface area (Å²) in [6.07, 6.45) is 2.10. The van der Waals surface area contributed by atoms with Crippen LogP contribution in [0.4, 0.5) is 0 Å². The molecule has 0 saturated heterocycles. The Morgan fingerprint density at radius 3 is 2.39 bits per heavy atom. The summed E-state index contributed by atoms with van der Waals surface area (Å²) in [6, 6.07) is 18.9. The normalized spacial score (nSPS) is 19.3. The fourth-order valence-corrected chi connectivity index (χ4v) is 3.17. The molecule has 2 aromatic carbocycles. The van der Waals surface area contributed by atoms with Crippen LogP contribution in [0.2, 0.25) is 0 Å². The third-order valence-electron chi connectivity index (χ3n) is 4.91. The molecule has 28 heavy (non-hydrogen) atoms. The van der Waals surface area contributed by atoms with E-state index in [1.54, 1.807) is 0 Å². The van der Waals surface area contributed by atoms with Crippen LogP contribution in [0, 0.1) is 0 Å². The molecule has 2 N–H and O–H groups in total. The van der Waals surface area contributed by atoms with Crippen molar-refractivity contribution in [3.05, 3.63) is 71.8 Å². The molecule has 0 unspecified atom stereocenters. The highest BCUT2D eigenvalue weighted by atomic mass is 16.6. The highest BCUT2D eigenvalue weighted by Gasteiger charge is 2.33. The molecule has 2 amide bonds. The van der Waals surface area contributed by atoms with E-state index < -0.39 is 12.1 Å². The van der Waals surface area contributed by atoms with E-state index in [1.165, 1.54) is 0 Å². The molecule has 1 heterocycles. The zero-order chi connectivity index (χ0) is 19.3. The van der Waals surface area contributed by atoms with Crippen molar-refractivity contribution in [2.45, 2.75) is 43.9 Å². The minimum Gasteiger partial charge on any atom is -0.382 e. The van der Waals surface area contributed by atoms with Crippen LogP contribution in [0.5, 0.6) is 0 Å². The van der Waals surface area contributed by atoms with Crippen LogP contribution in [-0.2, 0) is 20.8 Å². The Morgan fingerprint density at radius 2 is 1.71 bits per heavy atom. The van der Waals surface area contributed by atoms with Gasteiger partial charge in [0.1, 0.15) is 6.04 Å². The molecule has 0 bridgehead atoms. The van der Waals surface area contributed by atoms with E-state index in [2.05, 4.69) is 15.8 Å². The van der Waals surface area contributed by atoms with E-state index >= 15 is 0 Å². The number of carbonyl (C=O) groups is 2. The molecule has 144 valence electrons. The Kier molecular flexibility index (Phi) is 5.37. The SMILES string of the molecule is O=C(NC1CC1)[C@@H](Cc1ccccc1)NC(=O)[C@H]1CC(c2ccccc2)=NO1. The van der Waals surface area contributed by atoms with Crippen LogP contribution in [0.3, 0.4) is 0 Å². The van der Waals surface area contributed by atoms with Crippen molar-refractivity contribution in [3.63, 3.8) is 0 Å². The predicted molar refractivity (Wildman–Crippen MR) is 106 cm³/mol. The molecule has 6 nitrogen and oxygen atoms in total. The van der Waals surface area contributed by atoms with Gasteiger partial charge in [-0.25, -0.2) is 0 Å². The average molecular weight is 377 g/mol. The first-order valence-corrected chi connectivity index (χ1v) is 9.62. The van der Waals surface area contributed by atoms with Gasteiger partial charge in [0.05, 0.1) is 5.71 Å². The number of rotatable bonds is 7. The van der Waals surface area contributed by atoms with Gasteiger partial charge in [-0.3, -0.25) is 9.59 Å². The fraction of sp³-hybridized carbons (Fsp3) is 0.318. The van der Waals surface area contributed by atoms with Crippen molar-refractivity contribution < 1.29 is 14.4 Å². The van der Waals surface area contributed by atoms with E-state index in [0.717, 1.165) is 29.7 Å². The smallest absolute Gasteiger partial charge is 0.265 e. The topological polar surface area (TPSA) is 79.8 Å². The first kappa shape index (κ1) is 18.2. The Balaban J connectivity index is 1.39. The molecule has 1 saturated carbocycles. The van der Waals surface area contributed by atoms with Crippen LogP contribution >= 0.6 is 0 Å². The molecule has 2 aromatic rings. The number of oxime groups is 1. The largest absolute Gasteiger partial charge is 0.382 e. The second-order valence-electron chi connectivity index (χ2n) is 7.24. The van der Waals surface area contributed by atoms with Crippen LogP contribution in [0.1, 0.15) is 30.4 Å². The van der Waals surface area contributed by atoms with Crippen molar-refractivity contribution in [1.29, 1.82) is 0 Å². The lowest BCUT2D eigenvalue weighted by molar-refractivity contribution is -0.135. The third-order valence-corrected chi connectivity index (χ3v) is 4.91. The molecule has 0 aromatic heterocycles. The summed E-state index contributed by atoms with van der Waals surface area (Å²) in [5, 5.41) is 9.90. The lowest BCUT2D eigenvalue weighted by Crippen LogP contribution is -2.51. The summed E-state index contributed by atoms with van der Waals surface area (Å²) in [5.41, 5.74) is 2.67. The molecule has 2 aliphatic rings. The van der Waals surface area contributed by atoms with E-state index in [-0.39, 0.29) is 17.9 Å².